The third-order valence-electron chi connectivity index (χ3n) is 6.41. The molecule has 0 saturated carbocycles. The molecule has 2 aromatic carbocycles. The number of nitrogens with one attached hydrogen (secondary N) is 1. The molecule has 2 bridgehead atoms. The van der Waals surface area contributed by atoms with Crippen molar-refractivity contribution in [3.05, 3.63) is 52.5 Å². The van der Waals surface area contributed by atoms with Crippen LogP contribution < -0.4 is 22.3 Å². The zero-order chi connectivity index (χ0) is 19.9. The van der Waals surface area contributed by atoms with Crippen LogP contribution in [0.3, 0.4) is 0 Å². The molecule has 1 amide bonds. The van der Waals surface area contributed by atoms with Gasteiger partial charge in [-0.15, -0.1) is 0 Å². The Balaban J connectivity index is 0.00000240. The van der Waals surface area contributed by atoms with Gasteiger partial charge in [-0.3, -0.25) is 5.32 Å². The van der Waals surface area contributed by atoms with E-state index in [9.17, 15) is 4.79 Å². The molecule has 2 fully saturated rings. The zero-order valence-corrected chi connectivity index (χ0v) is 19.6. The molecule has 0 aliphatic carbocycles. The van der Waals surface area contributed by atoms with Gasteiger partial charge in [0.15, 0.2) is 0 Å². The van der Waals surface area contributed by atoms with Crippen LogP contribution in [0.5, 0.6) is 0 Å². The molecule has 3 atom stereocenters. The van der Waals surface area contributed by atoms with Crippen molar-refractivity contribution in [1.29, 1.82) is 0 Å². The molecule has 29 heavy (non-hydrogen) atoms. The lowest BCUT2D eigenvalue weighted by molar-refractivity contribution is -0.931. The van der Waals surface area contributed by atoms with Gasteiger partial charge in [0, 0.05) is 41.3 Å². The summed E-state index contributed by atoms with van der Waals surface area (Å²) in [6, 6.07) is 14.1. The molecule has 0 spiro atoms. The molecular weight excluding hydrogens is 475 g/mol. The highest BCUT2D eigenvalue weighted by molar-refractivity contribution is 6.31. The third-order valence-corrected chi connectivity index (χ3v) is 6.88. The molecule has 0 unspecified atom stereocenters. The summed E-state index contributed by atoms with van der Waals surface area (Å²) in [5, 5.41) is 4.08. The molecule has 0 radical (unpaired) electrons. The van der Waals surface area contributed by atoms with Gasteiger partial charge in [-0.1, -0.05) is 41.4 Å². The highest BCUT2D eigenvalue weighted by Gasteiger charge is 2.49. The minimum atomic E-state index is -0.429. The Morgan fingerprint density at radius 2 is 1.69 bits per heavy atom. The number of rotatable bonds is 3. The quantitative estimate of drug-likeness (QED) is 0.659. The number of nitrogens with zero attached hydrogens (tertiary/aromatic N) is 1. The van der Waals surface area contributed by atoms with Crippen LogP contribution in [0.1, 0.15) is 25.7 Å². The number of carbonyl (C=O) groups is 1. The van der Waals surface area contributed by atoms with Gasteiger partial charge in [-0.05, 0) is 29.8 Å². The Hall–Kier alpha value is -1.27. The minimum absolute atomic E-state index is 0. The van der Waals surface area contributed by atoms with Crippen LogP contribution in [0.15, 0.2) is 42.5 Å². The number of ether oxygens (including phenoxy) is 1. The number of amides is 1. The first-order chi connectivity index (χ1) is 13.3. The van der Waals surface area contributed by atoms with Crippen LogP contribution in [-0.4, -0.2) is 42.9 Å². The molecule has 2 aliphatic rings. The average molecular weight is 500 g/mol. The Kier molecular flexibility index (Phi) is 6.84. The number of hydrogen-bond acceptors (Lipinski definition) is 2. The van der Waals surface area contributed by atoms with Crippen LogP contribution in [0.25, 0.3) is 11.1 Å². The second-order valence-corrected chi connectivity index (χ2v) is 9.21. The highest BCUT2D eigenvalue weighted by atomic mass is 79.9. The van der Waals surface area contributed by atoms with E-state index in [4.69, 9.17) is 27.9 Å². The topological polar surface area (TPSA) is 38.3 Å². The molecule has 7 heteroatoms. The van der Waals surface area contributed by atoms with E-state index in [-0.39, 0.29) is 23.1 Å². The van der Waals surface area contributed by atoms with Crippen molar-refractivity contribution in [2.75, 3.05) is 19.4 Å². The zero-order valence-electron chi connectivity index (χ0n) is 16.5. The summed E-state index contributed by atoms with van der Waals surface area (Å²) < 4.78 is 6.84. The van der Waals surface area contributed by atoms with E-state index in [2.05, 4.69) is 19.4 Å². The number of carbonyl (C=O) groups excluding carboxylic acids is 1. The van der Waals surface area contributed by atoms with Gasteiger partial charge >= 0.3 is 6.09 Å². The molecule has 156 valence electrons. The Morgan fingerprint density at radius 3 is 2.34 bits per heavy atom. The Morgan fingerprint density at radius 1 is 1.03 bits per heavy atom. The summed E-state index contributed by atoms with van der Waals surface area (Å²) in [7, 11) is 4.59. The SMILES string of the molecule is C[N+]1(C)[C@@H]2CC[C@H]1C[C@@H](OC(=O)Nc1cc(Cl)ccc1-c1cccc(Cl)c1)C2.[Br-]. The maximum atomic E-state index is 12.6. The summed E-state index contributed by atoms with van der Waals surface area (Å²) >= 11 is 12.3. The fourth-order valence-corrected chi connectivity index (χ4v) is 5.11. The molecule has 2 aliphatic heterocycles. The smallest absolute Gasteiger partial charge is 0.411 e. The first kappa shape index (κ1) is 22.4. The van der Waals surface area contributed by atoms with E-state index in [0.717, 1.165) is 28.5 Å². The average Bonchev–Trinajstić information content (AvgIpc) is 2.80. The lowest BCUT2D eigenvalue weighted by Crippen LogP contribution is -3.00. The second-order valence-electron chi connectivity index (χ2n) is 8.34. The van der Waals surface area contributed by atoms with Crippen molar-refractivity contribution < 1.29 is 31.0 Å². The Bertz CT molecular complexity index is 890. The van der Waals surface area contributed by atoms with Gasteiger partial charge in [0.2, 0.25) is 0 Å². The monoisotopic (exact) mass is 498 g/mol. The van der Waals surface area contributed by atoms with Gasteiger partial charge in [-0.25, -0.2) is 4.79 Å². The number of halogens is 3. The number of anilines is 1. The van der Waals surface area contributed by atoms with Crippen LogP contribution in [0.4, 0.5) is 10.5 Å². The molecule has 2 aromatic rings. The molecule has 2 saturated heterocycles. The van der Waals surface area contributed by atoms with E-state index in [1.165, 1.54) is 12.8 Å². The van der Waals surface area contributed by atoms with Gasteiger partial charge in [0.1, 0.15) is 6.10 Å². The first-order valence-electron chi connectivity index (χ1n) is 9.69. The van der Waals surface area contributed by atoms with Gasteiger partial charge < -0.3 is 26.2 Å². The predicted molar refractivity (Wildman–Crippen MR) is 114 cm³/mol. The summed E-state index contributed by atoms with van der Waals surface area (Å²) in [6.07, 6.45) is 3.82. The fourth-order valence-electron chi connectivity index (χ4n) is 4.75. The normalized spacial score (nSPS) is 24.5. The standard InChI is InChI=1S/C22H24Cl2N2O2.BrH/c1-26(2)17-7-8-18(26)13-19(12-17)28-22(27)25-21-11-16(24)6-9-20(21)14-4-3-5-15(23)10-14;/h3-6,9-11,17-19H,7-8,12-13H2,1-2H3;1H/t17-,18+,19+;. The van der Waals surface area contributed by atoms with Crippen molar-refractivity contribution >= 4 is 35.0 Å². The minimum Gasteiger partial charge on any atom is -1.00 e. The van der Waals surface area contributed by atoms with Crippen LogP contribution in [-0.2, 0) is 4.74 Å². The maximum Gasteiger partial charge on any atom is 0.411 e. The van der Waals surface area contributed by atoms with Crippen molar-refractivity contribution in [3.63, 3.8) is 0 Å². The molecule has 0 aromatic heterocycles. The number of quaternary nitrogens is 1. The molecule has 4 rings (SSSR count). The molecular formula is C22H25BrCl2N2O2. The van der Waals surface area contributed by atoms with Crippen molar-refractivity contribution in [3.8, 4) is 11.1 Å². The summed E-state index contributed by atoms with van der Waals surface area (Å²) in [4.78, 5) is 12.6. The van der Waals surface area contributed by atoms with E-state index < -0.39 is 6.09 Å². The lowest BCUT2D eigenvalue weighted by atomic mass is 9.98. The lowest BCUT2D eigenvalue weighted by Gasteiger charge is -2.43. The van der Waals surface area contributed by atoms with E-state index in [1.807, 2.05) is 30.3 Å². The Labute approximate surface area is 192 Å². The molecule has 4 nitrogen and oxygen atoms in total. The van der Waals surface area contributed by atoms with E-state index in [0.29, 0.717) is 27.8 Å². The number of fused-ring (bicyclic) bond motifs is 2. The fraction of sp³-hybridized carbons (Fsp3) is 0.409. The predicted octanol–water partition coefficient (Wildman–Crippen LogP) is 2.98. The molecule has 2 heterocycles. The number of hydrogen-bond donors (Lipinski definition) is 1. The highest BCUT2D eigenvalue weighted by Crippen LogP contribution is 2.40. The van der Waals surface area contributed by atoms with E-state index >= 15 is 0 Å². The maximum absolute atomic E-state index is 12.6. The van der Waals surface area contributed by atoms with Gasteiger partial charge in [-0.2, -0.15) is 0 Å². The molecule has 1 N–H and O–H groups in total. The largest absolute Gasteiger partial charge is 1.00 e. The van der Waals surface area contributed by atoms with Gasteiger partial charge in [0.25, 0.3) is 0 Å². The second kappa shape index (κ2) is 8.84. The van der Waals surface area contributed by atoms with Crippen LogP contribution in [0, 0.1) is 0 Å². The van der Waals surface area contributed by atoms with Gasteiger partial charge in [0.05, 0.1) is 31.9 Å². The van der Waals surface area contributed by atoms with Crippen LogP contribution in [0.2, 0.25) is 10.0 Å². The number of piperidine rings is 1. The van der Waals surface area contributed by atoms with Crippen molar-refractivity contribution in [2.45, 2.75) is 43.9 Å². The summed E-state index contributed by atoms with van der Waals surface area (Å²) in [6.45, 7) is 0. The number of benzene rings is 2. The van der Waals surface area contributed by atoms with Crippen molar-refractivity contribution in [1.82, 2.24) is 0 Å². The summed E-state index contributed by atoms with van der Waals surface area (Å²) in [5.41, 5.74) is 2.38. The van der Waals surface area contributed by atoms with E-state index in [1.54, 1.807) is 12.1 Å². The van der Waals surface area contributed by atoms with Crippen molar-refractivity contribution in [2.24, 2.45) is 0 Å². The third kappa shape index (κ3) is 4.74. The first-order valence-corrected chi connectivity index (χ1v) is 10.4. The summed E-state index contributed by atoms with van der Waals surface area (Å²) in [5.74, 6) is 0. The van der Waals surface area contributed by atoms with Crippen LogP contribution >= 0.6 is 23.2 Å².